The van der Waals surface area contributed by atoms with E-state index in [0.717, 1.165) is 17.7 Å². The molecule has 1 aromatic rings. The van der Waals surface area contributed by atoms with Gasteiger partial charge in [-0.1, -0.05) is 44.1 Å². The van der Waals surface area contributed by atoms with Crippen LogP contribution in [0.15, 0.2) is 29.4 Å². The summed E-state index contributed by atoms with van der Waals surface area (Å²) in [7, 11) is 0. The van der Waals surface area contributed by atoms with Gasteiger partial charge < -0.3 is 9.94 Å². The van der Waals surface area contributed by atoms with E-state index in [1.54, 1.807) is 12.1 Å². The monoisotopic (exact) mass is 219 g/mol. The second kappa shape index (κ2) is 3.81. The van der Waals surface area contributed by atoms with E-state index in [-0.39, 0.29) is 17.3 Å². The maximum absolute atomic E-state index is 9.73. The summed E-state index contributed by atoms with van der Waals surface area (Å²) in [5.41, 5.74) is 1.88. The Bertz CT molecular complexity index is 418. The molecule has 3 nitrogen and oxygen atoms in total. The summed E-state index contributed by atoms with van der Waals surface area (Å²) >= 11 is 0. The van der Waals surface area contributed by atoms with Gasteiger partial charge in [0.1, 0.15) is 5.75 Å². The van der Waals surface area contributed by atoms with E-state index in [4.69, 9.17) is 4.84 Å². The van der Waals surface area contributed by atoms with Crippen molar-refractivity contribution in [3.8, 4) is 5.75 Å². The van der Waals surface area contributed by atoms with Crippen LogP contribution in [0.3, 0.4) is 0 Å². The molecule has 0 radical (unpaired) electrons. The average Bonchev–Trinajstić information content (AvgIpc) is 2.66. The van der Waals surface area contributed by atoms with Crippen molar-refractivity contribution in [2.45, 2.75) is 33.3 Å². The maximum atomic E-state index is 9.73. The van der Waals surface area contributed by atoms with E-state index >= 15 is 0 Å². The first-order valence-corrected chi connectivity index (χ1v) is 5.49. The zero-order chi connectivity index (χ0) is 11.8. The fourth-order valence-corrected chi connectivity index (χ4v) is 1.75. The number of aromatic hydroxyl groups is 1. The van der Waals surface area contributed by atoms with Crippen LogP contribution in [-0.4, -0.2) is 10.8 Å². The molecule has 1 aliphatic heterocycles. The Hall–Kier alpha value is -1.51. The highest BCUT2D eigenvalue weighted by molar-refractivity contribution is 5.90. The van der Waals surface area contributed by atoms with Crippen LogP contribution >= 0.6 is 0 Å². The Morgan fingerprint density at radius 1 is 1.31 bits per heavy atom. The zero-order valence-corrected chi connectivity index (χ0v) is 9.90. The van der Waals surface area contributed by atoms with Gasteiger partial charge in [0.25, 0.3) is 0 Å². The second-order valence-electron chi connectivity index (χ2n) is 5.14. The Balaban J connectivity index is 2.16. The summed E-state index contributed by atoms with van der Waals surface area (Å²) < 4.78 is 0. The highest BCUT2D eigenvalue weighted by Gasteiger charge is 2.31. The third-order valence-corrected chi connectivity index (χ3v) is 2.82. The first-order chi connectivity index (χ1) is 7.48. The quantitative estimate of drug-likeness (QED) is 0.787. The van der Waals surface area contributed by atoms with Crippen molar-refractivity contribution in [1.29, 1.82) is 0 Å². The third-order valence-electron chi connectivity index (χ3n) is 2.82. The molecule has 0 bridgehead atoms. The normalized spacial score (nSPS) is 20.4. The van der Waals surface area contributed by atoms with E-state index in [1.165, 1.54) is 0 Å². The lowest BCUT2D eigenvalue weighted by Crippen LogP contribution is -2.18. The van der Waals surface area contributed by atoms with Gasteiger partial charge in [0.15, 0.2) is 6.10 Å². The topological polar surface area (TPSA) is 41.8 Å². The fourth-order valence-electron chi connectivity index (χ4n) is 1.75. The molecular formula is C13H17NO2. The molecule has 3 heteroatoms. The van der Waals surface area contributed by atoms with Crippen LogP contribution in [0.25, 0.3) is 0 Å². The molecule has 0 saturated carbocycles. The molecule has 0 spiro atoms. The smallest absolute Gasteiger partial charge is 0.161 e. The number of phenols is 1. The van der Waals surface area contributed by atoms with Crippen molar-refractivity contribution in [3.63, 3.8) is 0 Å². The molecule has 1 aromatic carbocycles. The minimum atomic E-state index is -0.143. The molecular weight excluding hydrogens is 202 g/mol. The van der Waals surface area contributed by atoms with E-state index in [2.05, 4.69) is 25.9 Å². The first kappa shape index (κ1) is 11.0. The van der Waals surface area contributed by atoms with Crippen molar-refractivity contribution < 1.29 is 9.94 Å². The summed E-state index contributed by atoms with van der Waals surface area (Å²) in [6.45, 7) is 6.34. The number of hydrogen-bond acceptors (Lipinski definition) is 3. The summed E-state index contributed by atoms with van der Waals surface area (Å²) in [6.07, 6.45) is 0.608. The molecule has 1 aliphatic rings. The minimum absolute atomic E-state index is 0.0269. The fraction of sp³-hybridized carbons (Fsp3) is 0.462. The Morgan fingerprint density at radius 3 is 2.56 bits per heavy atom. The summed E-state index contributed by atoms with van der Waals surface area (Å²) in [5, 5.41) is 13.8. The zero-order valence-electron chi connectivity index (χ0n) is 9.90. The average molecular weight is 219 g/mol. The van der Waals surface area contributed by atoms with Crippen molar-refractivity contribution in [2.24, 2.45) is 10.6 Å². The van der Waals surface area contributed by atoms with Gasteiger partial charge >= 0.3 is 0 Å². The highest BCUT2D eigenvalue weighted by Crippen LogP contribution is 2.36. The molecule has 0 amide bonds. The number of nitrogens with zero attached hydrogens (tertiary/aromatic N) is 1. The molecule has 2 rings (SSSR count). The van der Waals surface area contributed by atoms with E-state index in [1.807, 2.05) is 12.1 Å². The predicted octanol–water partition coefficient (Wildman–Crippen LogP) is 3.26. The van der Waals surface area contributed by atoms with Crippen LogP contribution in [0.2, 0.25) is 0 Å². The molecule has 0 fully saturated rings. The Labute approximate surface area is 95.7 Å². The van der Waals surface area contributed by atoms with Crippen LogP contribution < -0.4 is 0 Å². The predicted molar refractivity (Wildman–Crippen MR) is 63.4 cm³/mol. The van der Waals surface area contributed by atoms with Crippen LogP contribution in [-0.2, 0) is 4.84 Å². The molecule has 1 heterocycles. The number of benzene rings is 1. The van der Waals surface area contributed by atoms with Crippen LogP contribution in [0.1, 0.15) is 38.9 Å². The molecule has 0 saturated heterocycles. The molecule has 86 valence electrons. The summed E-state index contributed by atoms with van der Waals surface area (Å²) in [6, 6.07) is 7.25. The van der Waals surface area contributed by atoms with E-state index in [0.29, 0.717) is 0 Å². The minimum Gasteiger partial charge on any atom is -0.508 e. The van der Waals surface area contributed by atoms with Gasteiger partial charge in [0.05, 0.1) is 5.71 Å². The number of hydrogen-bond donors (Lipinski definition) is 1. The van der Waals surface area contributed by atoms with Crippen molar-refractivity contribution >= 4 is 5.71 Å². The highest BCUT2D eigenvalue weighted by atomic mass is 16.6. The lowest BCUT2D eigenvalue weighted by Gasteiger charge is -2.17. The SMILES string of the molecule is CC(C)(C)C1=NO[C@H](c2ccccc2O)C1. The molecule has 1 N–H and O–H groups in total. The van der Waals surface area contributed by atoms with Crippen LogP contribution in [0, 0.1) is 5.41 Å². The lowest BCUT2D eigenvalue weighted by molar-refractivity contribution is 0.0837. The first-order valence-electron chi connectivity index (χ1n) is 5.49. The van der Waals surface area contributed by atoms with Gasteiger partial charge in [-0.05, 0) is 6.07 Å². The van der Waals surface area contributed by atoms with Gasteiger partial charge in [0.2, 0.25) is 0 Å². The standard InChI is InChI=1S/C13H17NO2/c1-13(2,3)12-8-11(16-14-12)9-6-4-5-7-10(9)15/h4-7,11,15H,8H2,1-3H3/t11-/m0/s1. The molecule has 1 atom stereocenters. The van der Waals surface area contributed by atoms with Crippen molar-refractivity contribution in [2.75, 3.05) is 0 Å². The van der Waals surface area contributed by atoms with Gasteiger partial charge in [-0.3, -0.25) is 0 Å². The lowest BCUT2D eigenvalue weighted by atomic mass is 9.86. The number of rotatable bonds is 1. The molecule has 16 heavy (non-hydrogen) atoms. The maximum Gasteiger partial charge on any atom is 0.161 e. The number of para-hydroxylation sites is 1. The van der Waals surface area contributed by atoms with E-state index < -0.39 is 0 Å². The van der Waals surface area contributed by atoms with Crippen molar-refractivity contribution in [3.05, 3.63) is 29.8 Å². The van der Waals surface area contributed by atoms with Gasteiger partial charge in [0, 0.05) is 17.4 Å². The summed E-state index contributed by atoms with van der Waals surface area (Å²) in [5.74, 6) is 0.276. The van der Waals surface area contributed by atoms with Crippen LogP contribution in [0.5, 0.6) is 5.75 Å². The van der Waals surface area contributed by atoms with E-state index in [9.17, 15) is 5.11 Å². The Morgan fingerprint density at radius 2 is 2.00 bits per heavy atom. The number of oxime groups is 1. The number of phenolic OH excluding ortho intramolecular Hbond substituents is 1. The molecule has 0 unspecified atom stereocenters. The molecule has 0 aromatic heterocycles. The third kappa shape index (κ3) is 2.03. The van der Waals surface area contributed by atoms with Gasteiger partial charge in [-0.15, -0.1) is 0 Å². The second-order valence-corrected chi connectivity index (χ2v) is 5.14. The van der Waals surface area contributed by atoms with Crippen LogP contribution in [0.4, 0.5) is 0 Å². The largest absolute Gasteiger partial charge is 0.508 e. The molecule has 0 aliphatic carbocycles. The van der Waals surface area contributed by atoms with Crippen molar-refractivity contribution in [1.82, 2.24) is 0 Å². The Kier molecular flexibility index (Phi) is 2.62. The van der Waals surface area contributed by atoms with Gasteiger partial charge in [-0.25, -0.2) is 0 Å². The van der Waals surface area contributed by atoms with Gasteiger partial charge in [-0.2, -0.15) is 0 Å². The summed E-state index contributed by atoms with van der Waals surface area (Å²) in [4.78, 5) is 5.39.